The summed E-state index contributed by atoms with van der Waals surface area (Å²) >= 11 is 6.26. The fourth-order valence-corrected chi connectivity index (χ4v) is 2.15. The second-order valence-corrected chi connectivity index (χ2v) is 4.70. The van der Waals surface area contributed by atoms with Gasteiger partial charge in [0.1, 0.15) is 0 Å². The van der Waals surface area contributed by atoms with Crippen molar-refractivity contribution in [1.29, 1.82) is 0 Å². The quantitative estimate of drug-likeness (QED) is 0.711. The Morgan fingerprint density at radius 3 is 2.43 bits per heavy atom. The zero-order chi connectivity index (χ0) is 15.1. The van der Waals surface area contributed by atoms with Gasteiger partial charge in [-0.3, -0.25) is 4.99 Å². The first-order valence-corrected chi connectivity index (χ1v) is 7.30. The maximum Gasteiger partial charge on any atom is 0.179 e. The molecule has 2 rings (SSSR count). The van der Waals surface area contributed by atoms with Crippen LogP contribution in [0.2, 0.25) is 5.02 Å². The summed E-state index contributed by atoms with van der Waals surface area (Å²) in [6, 6.07) is 13.4. The summed E-state index contributed by atoms with van der Waals surface area (Å²) in [5.74, 6) is 1.22. The lowest BCUT2D eigenvalue weighted by atomic mass is 10.2. The summed E-state index contributed by atoms with van der Waals surface area (Å²) in [6.07, 6.45) is 1.76. The van der Waals surface area contributed by atoms with Gasteiger partial charge in [0.05, 0.1) is 23.9 Å². The van der Waals surface area contributed by atoms with Crippen LogP contribution in [0, 0.1) is 0 Å². The highest BCUT2D eigenvalue weighted by atomic mass is 35.5. The largest absolute Gasteiger partial charge is 0.490 e. The molecule has 0 bridgehead atoms. The molecule has 21 heavy (non-hydrogen) atoms. The zero-order valence-corrected chi connectivity index (χ0v) is 12.9. The predicted octanol–water partition coefficient (Wildman–Crippen LogP) is 4.89. The molecule has 110 valence electrons. The van der Waals surface area contributed by atoms with E-state index in [-0.39, 0.29) is 0 Å². The van der Waals surface area contributed by atoms with Gasteiger partial charge in [0.2, 0.25) is 0 Å². The van der Waals surface area contributed by atoms with Crippen molar-refractivity contribution >= 4 is 23.5 Å². The number of para-hydroxylation sites is 1. The summed E-state index contributed by atoms with van der Waals surface area (Å²) in [7, 11) is 0. The van der Waals surface area contributed by atoms with Gasteiger partial charge in [-0.15, -0.1) is 0 Å². The van der Waals surface area contributed by atoms with Crippen molar-refractivity contribution in [2.45, 2.75) is 13.8 Å². The molecule has 0 aromatic heterocycles. The molecule has 0 amide bonds. The molecule has 0 aliphatic carbocycles. The van der Waals surface area contributed by atoms with E-state index in [1.807, 2.05) is 56.3 Å². The molecule has 0 aliphatic heterocycles. The van der Waals surface area contributed by atoms with Crippen molar-refractivity contribution in [2.75, 3.05) is 13.2 Å². The second kappa shape index (κ2) is 7.70. The number of aliphatic imine (C=N–C) groups is 1. The van der Waals surface area contributed by atoms with Crippen LogP contribution in [0.25, 0.3) is 0 Å². The molecular formula is C17H18ClNO2. The molecule has 0 saturated heterocycles. The van der Waals surface area contributed by atoms with E-state index in [9.17, 15) is 0 Å². The lowest BCUT2D eigenvalue weighted by Crippen LogP contribution is -2.00. The maximum atomic E-state index is 6.26. The molecule has 0 aliphatic rings. The third kappa shape index (κ3) is 4.23. The van der Waals surface area contributed by atoms with Crippen LogP contribution in [0.4, 0.5) is 5.69 Å². The van der Waals surface area contributed by atoms with Gasteiger partial charge in [0.25, 0.3) is 0 Å². The number of rotatable bonds is 6. The SMILES string of the molecule is CCOc1cc(C=Nc2ccccc2)cc(Cl)c1OCC. The van der Waals surface area contributed by atoms with Crippen molar-refractivity contribution in [1.82, 2.24) is 0 Å². The van der Waals surface area contributed by atoms with E-state index in [1.165, 1.54) is 0 Å². The average Bonchev–Trinajstić information content (AvgIpc) is 2.50. The van der Waals surface area contributed by atoms with Crippen LogP contribution >= 0.6 is 11.6 Å². The molecule has 0 radical (unpaired) electrons. The highest BCUT2D eigenvalue weighted by Gasteiger charge is 2.11. The molecule has 0 heterocycles. The van der Waals surface area contributed by atoms with Crippen molar-refractivity contribution in [3.8, 4) is 11.5 Å². The monoisotopic (exact) mass is 303 g/mol. The molecule has 0 N–H and O–H groups in total. The maximum absolute atomic E-state index is 6.26. The van der Waals surface area contributed by atoms with Crippen molar-refractivity contribution in [2.24, 2.45) is 4.99 Å². The summed E-state index contributed by atoms with van der Waals surface area (Å²) < 4.78 is 11.1. The first-order valence-electron chi connectivity index (χ1n) is 6.92. The Morgan fingerprint density at radius 2 is 1.76 bits per heavy atom. The summed E-state index contributed by atoms with van der Waals surface area (Å²) in [6.45, 7) is 4.93. The van der Waals surface area contributed by atoms with Gasteiger partial charge in [0, 0.05) is 6.21 Å². The molecule has 0 unspecified atom stereocenters. The van der Waals surface area contributed by atoms with Gasteiger partial charge in [-0.25, -0.2) is 0 Å². The first-order chi connectivity index (χ1) is 10.2. The van der Waals surface area contributed by atoms with Crippen molar-refractivity contribution < 1.29 is 9.47 Å². The van der Waals surface area contributed by atoms with Crippen LogP contribution in [-0.2, 0) is 0 Å². The fraction of sp³-hybridized carbons (Fsp3) is 0.235. The number of benzene rings is 2. The van der Waals surface area contributed by atoms with E-state index in [1.54, 1.807) is 6.21 Å². The predicted molar refractivity (Wildman–Crippen MR) is 87.5 cm³/mol. The van der Waals surface area contributed by atoms with Gasteiger partial charge in [-0.2, -0.15) is 0 Å². The molecule has 2 aromatic rings. The van der Waals surface area contributed by atoms with E-state index in [0.29, 0.717) is 29.7 Å². The minimum Gasteiger partial charge on any atom is -0.490 e. The second-order valence-electron chi connectivity index (χ2n) is 4.29. The number of halogens is 1. The standard InChI is InChI=1S/C17H18ClNO2/c1-3-20-16-11-13(10-15(18)17(16)21-4-2)12-19-14-8-6-5-7-9-14/h5-12H,3-4H2,1-2H3. The van der Waals surface area contributed by atoms with Crippen LogP contribution in [0.15, 0.2) is 47.5 Å². The lowest BCUT2D eigenvalue weighted by Gasteiger charge is -2.13. The number of ether oxygens (including phenoxy) is 2. The van der Waals surface area contributed by atoms with Crippen LogP contribution in [0.5, 0.6) is 11.5 Å². The summed E-state index contributed by atoms with van der Waals surface area (Å²) in [4.78, 5) is 4.41. The van der Waals surface area contributed by atoms with Crippen LogP contribution in [0.3, 0.4) is 0 Å². The first kappa shape index (κ1) is 15.4. The molecular weight excluding hydrogens is 286 g/mol. The van der Waals surface area contributed by atoms with Crippen LogP contribution in [0.1, 0.15) is 19.4 Å². The minimum absolute atomic E-state index is 0.525. The van der Waals surface area contributed by atoms with Crippen molar-refractivity contribution in [3.05, 3.63) is 53.1 Å². The Bertz CT molecular complexity index is 612. The molecule has 0 saturated carbocycles. The molecule has 0 atom stereocenters. The Kier molecular flexibility index (Phi) is 5.64. The summed E-state index contributed by atoms with van der Waals surface area (Å²) in [5.41, 5.74) is 1.76. The Morgan fingerprint density at radius 1 is 1.05 bits per heavy atom. The molecule has 0 spiro atoms. The van der Waals surface area contributed by atoms with Gasteiger partial charge in [-0.1, -0.05) is 29.8 Å². The molecule has 2 aromatic carbocycles. The Hall–Kier alpha value is -2.00. The van der Waals surface area contributed by atoms with Crippen LogP contribution < -0.4 is 9.47 Å². The number of hydrogen-bond donors (Lipinski definition) is 0. The van der Waals surface area contributed by atoms with E-state index in [4.69, 9.17) is 21.1 Å². The average molecular weight is 304 g/mol. The van der Waals surface area contributed by atoms with E-state index in [0.717, 1.165) is 11.3 Å². The third-order valence-corrected chi connectivity index (χ3v) is 3.02. The highest BCUT2D eigenvalue weighted by Crippen LogP contribution is 2.36. The van der Waals surface area contributed by atoms with Crippen molar-refractivity contribution in [3.63, 3.8) is 0 Å². The smallest absolute Gasteiger partial charge is 0.179 e. The number of nitrogens with zero attached hydrogens (tertiary/aromatic N) is 1. The third-order valence-electron chi connectivity index (χ3n) is 2.74. The fourth-order valence-electron chi connectivity index (χ4n) is 1.87. The van der Waals surface area contributed by atoms with Crippen LogP contribution in [-0.4, -0.2) is 19.4 Å². The van der Waals surface area contributed by atoms with E-state index < -0.39 is 0 Å². The Labute approximate surface area is 130 Å². The topological polar surface area (TPSA) is 30.8 Å². The number of hydrogen-bond acceptors (Lipinski definition) is 3. The van der Waals surface area contributed by atoms with E-state index >= 15 is 0 Å². The normalized spacial score (nSPS) is 10.8. The zero-order valence-electron chi connectivity index (χ0n) is 12.2. The van der Waals surface area contributed by atoms with Gasteiger partial charge >= 0.3 is 0 Å². The molecule has 0 fully saturated rings. The van der Waals surface area contributed by atoms with Gasteiger partial charge < -0.3 is 9.47 Å². The molecule has 4 heteroatoms. The summed E-state index contributed by atoms with van der Waals surface area (Å²) in [5, 5.41) is 0.525. The van der Waals surface area contributed by atoms with E-state index in [2.05, 4.69) is 4.99 Å². The highest BCUT2D eigenvalue weighted by molar-refractivity contribution is 6.32. The lowest BCUT2D eigenvalue weighted by molar-refractivity contribution is 0.288. The molecule has 3 nitrogen and oxygen atoms in total. The minimum atomic E-state index is 0.525. The van der Waals surface area contributed by atoms with Gasteiger partial charge in [0.15, 0.2) is 11.5 Å². The Balaban J connectivity index is 2.30. The van der Waals surface area contributed by atoms with Gasteiger partial charge in [-0.05, 0) is 43.7 Å².